The second kappa shape index (κ2) is 10.2. The molecule has 1 amide bonds. The Bertz CT molecular complexity index is 991. The first-order valence-electron chi connectivity index (χ1n) is 10.8. The third-order valence-electron chi connectivity index (χ3n) is 5.84. The number of carbonyl (C=O) groups is 1. The Morgan fingerprint density at radius 1 is 1.06 bits per heavy atom. The predicted octanol–water partition coefficient (Wildman–Crippen LogP) is 4.48. The largest absolute Gasteiger partial charge is 0.341 e. The van der Waals surface area contributed by atoms with E-state index in [1.54, 1.807) is 11.0 Å². The van der Waals surface area contributed by atoms with Crippen molar-refractivity contribution in [2.45, 2.75) is 39.2 Å². The molecule has 0 bridgehead atoms. The van der Waals surface area contributed by atoms with Crippen LogP contribution in [0.3, 0.4) is 0 Å². The normalized spacial score (nSPS) is 16.1. The summed E-state index contributed by atoms with van der Waals surface area (Å²) in [5.41, 5.74) is 3.23. The van der Waals surface area contributed by atoms with Gasteiger partial charge in [0.15, 0.2) is 0 Å². The van der Waals surface area contributed by atoms with Gasteiger partial charge in [-0.05, 0) is 41.5 Å². The maximum Gasteiger partial charge on any atom is 0.236 e. The van der Waals surface area contributed by atoms with Crippen LogP contribution in [-0.4, -0.2) is 43.7 Å². The molecule has 5 nitrogen and oxygen atoms in total. The number of amides is 1. The molecule has 2 aromatic carbocycles. The second-order valence-corrected chi connectivity index (χ2v) is 10.3. The van der Waals surface area contributed by atoms with Crippen molar-refractivity contribution in [3.05, 3.63) is 76.7 Å². The molecule has 0 unspecified atom stereocenters. The zero-order chi connectivity index (χ0) is 22.4. The topological polar surface area (TPSA) is 57.7 Å². The van der Waals surface area contributed by atoms with Gasteiger partial charge >= 0.3 is 0 Å². The average molecular weight is 441 g/mol. The van der Waals surface area contributed by atoms with Gasteiger partial charge in [-0.25, -0.2) is 8.42 Å². The van der Waals surface area contributed by atoms with E-state index in [2.05, 4.69) is 38.1 Å². The molecule has 31 heavy (non-hydrogen) atoms. The minimum atomic E-state index is -3.48. The summed E-state index contributed by atoms with van der Waals surface area (Å²) in [6.45, 7) is 5.63. The number of sulfonamides is 1. The third-order valence-corrected chi connectivity index (χ3v) is 7.40. The average Bonchev–Trinajstić information content (AvgIpc) is 2.78. The standard InChI is InChI=1S/C25H32N2O3S/c1-20(2)23-11-9-22(10-12-23)19-26(3)25(28)24-13-16-27(17-14-24)31(29,30)18-15-21-7-5-4-6-8-21/h4-12,15,18,20,24H,13-14,16-17,19H2,1-3H3/b18-15+. The van der Waals surface area contributed by atoms with Crippen LogP contribution in [0.4, 0.5) is 0 Å². The van der Waals surface area contributed by atoms with E-state index in [1.165, 1.54) is 15.3 Å². The Morgan fingerprint density at radius 3 is 2.26 bits per heavy atom. The van der Waals surface area contributed by atoms with Gasteiger partial charge in [-0.1, -0.05) is 68.4 Å². The Morgan fingerprint density at radius 2 is 1.68 bits per heavy atom. The molecule has 2 aromatic rings. The third kappa shape index (κ3) is 6.28. The fourth-order valence-corrected chi connectivity index (χ4v) is 5.06. The second-order valence-electron chi connectivity index (χ2n) is 8.52. The highest BCUT2D eigenvalue weighted by molar-refractivity contribution is 7.92. The Kier molecular flexibility index (Phi) is 7.68. The lowest BCUT2D eigenvalue weighted by atomic mass is 9.96. The van der Waals surface area contributed by atoms with Crippen LogP contribution in [0.2, 0.25) is 0 Å². The monoisotopic (exact) mass is 440 g/mol. The van der Waals surface area contributed by atoms with Gasteiger partial charge in [0.1, 0.15) is 0 Å². The minimum absolute atomic E-state index is 0.0878. The van der Waals surface area contributed by atoms with E-state index >= 15 is 0 Å². The Balaban J connectivity index is 1.53. The zero-order valence-corrected chi connectivity index (χ0v) is 19.4. The van der Waals surface area contributed by atoms with E-state index in [0.29, 0.717) is 38.4 Å². The highest BCUT2D eigenvalue weighted by Crippen LogP contribution is 2.23. The molecule has 0 N–H and O–H groups in total. The van der Waals surface area contributed by atoms with Gasteiger partial charge in [0, 0.05) is 38.0 Å². The van der Waals surface area contributed by atoms with Crippen LogP contribution in [0.15, 0.2) is 60.0 Å². The lowest BCUT2D eigenvalue weighted by Crippen LogP contribution is -2.42. The van der Waals surface area contributed by atoms with E-state index in [9.17, 15) is 13.2 Å². The smallest absolute Gasteiger partial charge is 0.236 e. The fraction of sp³-hybridized carbons (Fsp3) is 0.400. The van der Waals surface area contributed by atoms with E-state index in [1.807, 2.05) is 37.4 Å². The number of piperidine rings is 1. The summed E-state index contributed by atoms with van der Waals surface area (Å²) in [5.74, 6) is 0.437. The van der Waals surface area contributed by atoms with Crippen molar-refractivity contribution in [3.63, 3.8) is 0 Å². The Labute approximate surface area is 186 Å². The van der Waals surface area contributed by atoms with Crippen molar-refractivity contribution in [3.8, 4) is 0 Å². The summed E-state index contributed by atoms with van der Waals surface area (Å²) in [6, 6.07) is 17.8. The van der Waals surface area contributed by atoms with Crippen LogP contribution in [0.1, 0.15) is 49.3 Å². The van der Waals surface area contributed by atoms with Crippen molar-refractivity contribution >= 4 is 22.0 Å². The molecule has 166 valence electrons. The van der Waals surface area contributed by atoms with Gasteiger partial charge in [0.25, 0.3) is 0 Å². The van der Waals surface area contributed by atoms with E-state index in [-0.39, 0.29) is 11.8 Å². The molecule has 6 heteroatoms. The zero-order valence-electron chi connectivity index (χ0n) is 18.6. The first-order valence-corrected chi connectivity index (χ1v) is 12.3. The van der Waals surface area contributed by atoms with Gasteiger partial charge in [-0.3, -0.25) is 4.79 Å². The van der Waals surface area contributed by atoms with Crippen LogP contribution in [0.5, 0.6) is 0 Å². The van der Waals surface area contributed by atoms with Crippen LogP contribution < -0.4 is 0 Å². The van der Waals surface area contributed by atoms with E-state index in [0.717, 1.165) is 11.1 Å². The number of hydrogen-bond donors (Lipinski definition) is 0. The van der Waals surface area contributed by atoms with Crippen molar-refractivity contribution < 1.29 is 13.2 Å². The summed E-state index contributed by atoms with van der Waals surface area (Å²) < 4.78 is 26.7. The first-order chi connectivity index (χ1) is 14.8. The van der Waals surface area contributed by atoms with Crippen molar-refractivity contribution in [1.82, 2.24) is 9.21 Å². The van der Waals surface area contributed by atoms with Crippen LogP contribution >= 0.6 is 0 Å². The number of nitrogens with zero attached hydrogens (tertiary/aromatic N) is 2. The van der Waals surface area contributed by atoms with Gasteiger partial charge in [-0.2, -0.15) is 4.31 Å². The molecule has 0 spiro atoms. The minimum Gasteiger partial charge on any atom is -0.341 e. The molecule has 1 heterocycles. The highest BCUT2D eigenvalue weighted by atomic mass is 32.2. The summed E-state index contributed by atoms with van der Waals surface area (Å²) in [5, 5.41) is 1.26. The molecule has 0 radical (unpaired) electrons. The fourth-order valence-electron chi connectivity index (χ4n) is 3.84. The molecular weight excluding hydrogens is 408 g/mol. The van der Waals surface area contributed by atoms with Crippen LogP contribution in [-0.2, 0) is 21.4 Å². The summed E-state index contributed by atoms with van der Waals surface area (Å²) in [4.78, 5) is 14.6. The summed E-state index contributed by atoms with van der Waals surface area (Å²) >= 11 is 0. The van der Waals surface area contributed by atoms with Gasteiger partial charge in [0.2, 0.25) is 15.9 Å². The number of benzene rings is 2. The number of hydrogen-bond acceptors (Lipinski definition) is 3. The lowest BCUT2D eigenvalue weighted by molar-refractivity contribution is -0.135. The molecule has 0 aromatic heterocycles. The summed E-state index contributed by atoms with van der Waals surface area (Å²) in [6.07, 6.45) is 2.71. The lowest BCUT2D eigenvalue weighted by Gasteiger charge is -2.32. The first kappa shape index (κ1) is 23.2. The molecule has 1 fully saturated rings. The maximum atomic E-state index is 12.9. The molecule has 1 aliphatic heterocycles. The van der Waals surface area contributed by atoms with Gasteiger partial charge < -0.3 is 4.90 Å². The SMILES string of the molecule is CC(C)c1ccc(CN(C)C(=O)C2CCN(S(=O)(=O)/C=C/c3ccccc3)CC2)cc1. The quantitative estimate of drug-likeness (QED) is 0.638. The van der Waals surface area contributed by atoms with Crippen molar-refractivity contribution in [1.29, 1.82) is 0 Å². The molecular formula is C25H32N2O3S. The van der Waals surface area contributed by atoms with Crippen molar-refractivity contribution in [2.75, 3.05) is 20.1 Å². The maximum absolute atomic E-state index is 12.9. The number of rotatable bonds is 7. The van der Waals surface area contributed by atoms with Gasteiger partial charge in [0.05, 0.1) is 0 Å². The predicted molar refractivity (Wildman–Crippen MR) is 126 cm³/mol. The van der Waals surface area contributed by atoms with E-state index in [4.69, 9.17) is 0 Å². The Hall–Kier alpha value is -2.44. The van der Waals surface area contributed by atoms with Gasteiger partial charge in [-0.15, -0.1) is 0 Å². The molecule has 0 atom stereocenters. The van der Waals surface area contributed by atoms with Crippen LogP contribution in [0, 0.1) is 5.92 Å². The molecule has 0 aliphatic carbocycles. The van der Waals surface area contributed by atoms with E-state index < -0.39 is 10.0 Å². The molecule has 1 aliphatic rings. The highest BCUT2D eigenvalue weighted by Gasteiger charge is 2.31. The van der Waals surface area contributed by atoms with Crippen LogP contribution in [0.25, 0.3) is 6.08 Å². The summed E-state index contributed by atoms with van der Waals surface area (Å²) in [7, 11) is -1.66. The number of carbonyl (C=O) groups excluding carboxylic acids is 1. The molecule has 1 saturated heterocycles. The molecule has 3 rings (SSSR count). The molecule has 0 saturated carbocycles. The van der Waals surface area contributed by atoms with Crippen molar-refractivity contribution in [2.24, 2.45) is 5.92 Å².